The number of nitrogens with one attached hydrogen (secondary N) is 1. The van der Waals surface area contributed by atoms with E-state index in [-0.39, 0.29) is 24.4 Å². The second-order valence-electron chi connectivity index (χ2n) is 3.79. The topological polar surface area (TPSA) is 45.5 Å². The molecule has 0 aromatic carbocycles. The van der Waals surface area contributed by atoms with Gasteiger partial charge in [0.15, 0.2) is 0 Å². The fourth-order valence-corrected chi connectivity index (χ4v) is 2.09. The molecule has 1 atom stereocenters. The summed E-state index contributed by atoms with van der Waals surface area (Å²) in [5.74, 6) is 1.05. The van der Waals surface area contributed by atoms with E-state index in [1.54, 1.807) is 13.3 Å². The molecule has 0 spiro atoms. The van der Waals surface area contributed by atoms with Gasteiger partial charge in [0, 0.05) is 6.54 Å². The van der Waals surface area contributed by atoms with Crippen LogP contribution in [0.5, 0.6) is 0 Å². The summed E-state index contributed by atoms with van der Waals surface area (Å²) in [6.07, 6.45) is 3.72. The second kappa shape index (κ2) is 5.92. The highest BCUT2D eigenvalue weighted by Gasteiger charge is 2.30. The molecule has 90 valence electrons. The molecule has 2 rings (SSSR count). The predicted molar refractivity (Wildman–Crippen MR) is 63.6 cm³/mol. The van der Waals surface area contributed by atoms with Crippen molar-refractivity contribution in [1.82, 2.24) is 10.2 Å². The number of amides is 1. The van der Waals surface area contributed by atoms with Crippen molar-refractivity contribution < 1.29 is 9.21 Å². The molecule has 2 heterocycles. The highest BCUT2D eigenvalue weighted by Crippen LogP contribution is 2.31. The van der Waals surface area contributed by atoms with Crippen LogP contribution in [-0.2, 0) is 4.79 Å². The smallest absolute Gasteiger partial charge is 0.237 e. The molecule has 1 saturated heterocycles. The zero-order valence-corrected chi connectivity index (χ0v) is 10.1. The van der Waals surface area contributed by atoms with Crippen molar-refractivity contribution in [1.29, 1.82) is 0 Å². The van der Waals surface area contributed by atoms with E-state index in [2.05, 4.69) is 5.32 Å². The van der Waals surface area contributed by atoms with Gasteiger partial charge in [-0.2, -0.15) is 0 Å². The van der Waals surface area contributed by atoms with Crippen LogP contribution in [0.3, 0.4) is 0 Å². The zero-order valence-electron chi connectivity index (χ0n) is 9.31. The molecule has 16 heavy (non-hydrogen) atoms. The lowest BCUT2D eigenvalue weighted by Crippen LogP contribution is -2.36. The van der Waals surface area contributed by atoms with Crippen molar-refractivity contribution >= 4 is 18.3 Å². The number of rotatable bonds is 3. The van der Waals surface area contributed by atoms with Gasteiger partial charge in [-0.05, 0) is 32.0 Å². The van der Waals surface area contributed by atoms with E-state index >= 15 is 0 Å². The number of carbonyl (C=O) groups excluding carboxylic acids is 1. The molecule has 0 saturated carbocycles. The molecule has 1 aliphatic rings. The lowest BCUT2D eigenvalue weighted by atomic mass is 10.1. The van der Waals surface area contributed by atoms with Gasteiger partial charge >= 0.3 is 0 Å². The highest BCUT2D eigenvalue weighted by molar-refractivity contribution is 5.85. The van der Waals surface area contributed by atoms with Gasteiger partial charge in [-0.3, -0.25) is 4.79 Å². The first-order valence-corrected chi connectivity index (χ1v) is 5.30. The van der Waals surface area contributed by atoms with Crippen molar-refractivity contribution in [2.45, 2.75) is 18.9 Å². The van der Waals surface area contributed by atoms with Gasteiger partial charge in [0.25, 0.3) is 0 Å². The third-order valence-corrected chi connectivity index (χ3v) is 2.77. The monoisotopic (exact) mass is 244 g/mol. The molecule has 1 aromatic rings. The maximum Gasteiger partial charge on any atom is 0.237 e. The van der Waals surface area contributed by atoms with Crippen LogP contribution in [0.25, 0.3) is 0 Å². The summed E-state index contributed by atoms with van der Waals surface area (Å²) >= 11 is 0. The minimum Gasteiger partial charge on any atom is -0.467 e. The molecule has 5 heteroatoms. The van der Waals surface area contributed by atoms with Crippen molar-refractivity contribution in [2.75, 3.05) is 20.1 Å². The normalized spacial score (nSPS) is 19.6. The summed E-state index contributed by atoms with van der Waals surface area (Å²) in [6.45, 7) is 1.24. The van der Waals surface area contributed by atoms with Gasteiger partial charge in [-0.25, -0.2) is 0 Å². The predicted octanol–water partition coefficient (Wildman–Crippen LogP) is 1.58. The van der Waals surface area contributed by atoms with E-state index in [1.165, 1.54) is 0 Å². The molecule has 1 aromatic heterocycles. The minimum absolute atomic E-state index is 0. The average Bonchev–Trinajstić information content (AvgIpc) is 2.88. The van der Waals surface area contributed by atoms with Gasteiger partial charge in [0.1, 0.15) is 5.76 Å². The molecule has 0 aliphatic carbocycles. The molecule has 4 nitrogen and oxygen atoms in total. The molecule has 1 fully saturated rings. The van der Waals surface area contributed by atoms with Crippen LogP contribution in [0, 0.1) is 0 Å². The molecular formula is C11H17ClN2O2. The summed E-state index contributed by atoms with van der Waals surface area (Å²) in [5, 5.41) is 2.89. The summed E-state index contributed by atoms with van der Waals surface area (Å²) < 4.78 is 5.36. The summed E-state index contributed by atoms with van der Waals surface area (Å²) in [7, 11) is 1.79. The highest BCUT2D eigenvalue weighted by atomic mass is 35.5. The quantitative estimate of drug-likeness (QED) is 0.878. The SMILES string of the molecule is CNCC(=O)N1CCCC1c1ccco1.Cl. The molecule has 1 aliphatic heterocycles. The van der Waals surface area contributed by atoms with E-state index < -0.39 is 0 Å². The van der Waals surface area contributed by atoms with Crippen LogP contribution in [-0.4, -0.2) is 30.9 Å². The maximum atomic E-state index is 11.8. The summed E-state index contributed by atoms with van der Waals surface area (Å²) in [6, 6.07) is 3.95. The first kappa shape index (κ1) is 13.1. The van der Waals surface area contributed by atoms with Crippen molar-refractivity contribution in [3.05, 3.63) is 24.2 Å². The van der Waals surface area contributed by atoms with Gasteiger partial charge in [-0.1, -0.05) is 0 Å². The number of halogens is 1. The fraction of sp³-hybridized carbons (Fsp3) is 0.545. The van der Waals surface area contributed by atoms with Crippen LogP contribution in [0.15, 0.2) is 22.8 Å². The molecule has 0 radical (unpaired) electrons. The van der Waals surface area contributed by atoms with Crippen LogP contribution in [0.1, 0.15) is 24.6 Å². The van der Waals surface area contributed by atoms with Gasteiger partial charge in [0.2, 0.25) is 5.91 Å². The fourth-order valence-electron chi connectivity index (χ4n) is 2.09. The standard InChI is InChI=1S/C11H16N2O2.ClH/c1-12-8-11(14)13-6-2-4-9(13)10-5-3-7-15-10;/h3,5,7,9,12H,2,4,6,8H2,1H3;1H. The van der Waals surface area contributed by atoms with Gasteiger partial charge < -0.3 is 14.6 Å². The van der Waals surface area contributed by atoms with Crippen molar-refractivity contribution in [2.24, 2.45) is 0 Å². The number of hydrogen-bond donors (Lipinski definition) is 1. The Balaban J connectivity index is 0.00000128. The van der Waals surface area contributed by atoms with Crippen LogP contribution < -0.4 is 5.32 Å². The van der Waals surface area contributed by atoms with Crippen LogP contribution >= 0.6 is 12.4 Å². The van der Waals surface area contributed by atoms with E-state index in [4.69, 9.17) is 4.42 Å². The summed E-state index contributed by atoms with van der Waals surface area (Å²) in [4.78, 5) is 13.7. The summed E-state index contributed by atoms with van der Waals surface area (Å²) in [5.41, 5.74) is 0. The Kier molecular flexibility index (Phi) is 4.83. The maximum absolute atomic E-state index is 11.8. The zero-order chi connectivity index (χ0) is 10.7. The number of nitrogens with zero attached hydrogens (tertiary/aromatic N) is 1. The Morgan fingerprint density at radius 1 is 1.69 bits per heavy atom. The largest absolute Gasteiger partial charge is 0.467 e. The molecule has 1 unspecified atom stereocenters. The minimum atomic E-state index is 0. The van der Waals surface area contributed by atoms with E-state index in [0.29, 0.717) is 6.54 Å². The Bertz CT molecular complexity index is 327. The van der Waals surface area contributed by atoms with Crippen molar-refractivity contribution in [3.63, 3.8) is 0 Å². The first-order valence-electron chi connectivity index (χ1n) is 5.30. The van der Waals surface area contributed by atoms with Crippen molar-refractivity contribution in [3.8, 4) is 0 Å². The molecule has 1 amide bonds. The number of furan rings is 1. The Morgan fingerprint density at radius 3 is 3.12 bits per heavy atom. The van der Waals surface area contributed by atoms with Gasteiger partial charge in [0.05, 0.1) is 18.8 Å². The molecule has 1 N–H and O–H groups in total. The lowest BCUT2D eigenvalue weighted by Gasteiger charge is -2.22. The number of likely N-dealkylation sites (tertiary alicyclic amines) is 1. The Morgan fingerprint density at radius 2 is 2.50 bits per heavy atom. The van der Waals surface area contributed by atoms with E-state index in [1.807, 2.05) is 17.0 Å². The van der Waals surface area contributed by atoms with Crippen LogP contribution in [0.2, 0.25) is 0 Å². The molecular weight excluding hydrogens is 228 g/mol. The Hall–Kier alpha value is -1.00. The third kappa shape index (κ3) is 2.57. The van der Waals surface area contributed by atoms with Crippen LogP contribution in [0.4, 0.5) is 0 Å². The third-order valence-electron chi connectivity index (χ3n) is 2.77. The first-order chi connectivity index (χ1) is 7.33. The number of likely N-dealkylation sites (N-methyl/N-ethyl adjacent to an activating group) is 1. The number of carbonyl (C=O) groups is 1. The Labute approximate surface area is 101 Å². The van der Waals surface area contributed by atoms with E-state index in [0.717, 1.165) is 25.1 Å². The second-order valence-corrected chi connectivity index (χ2v) is 3.79. The number of hydrogen-bond acceptors (Lipinski definition) is 3. The van der Waals surface area contributed by atoms with E-state index in [9.17, 15) is 4.79 Å². The van der Waals surface area contributed by atoms with Gasteiger partial charge in [-0.15, -0.1) is 12.4 Å². The lowest BCUT2D eigenvalue weighted by molar-refractivity contribution is -0.131. The average molecular weight is 245 g/mol. The molecule has 0 bridgehead atoms.